The number of rotatable bonds is 9. The van der Waals surface area contributed by atoms with E-state index < -0.39 is 64.5 Å². The molecule has 0 aromatic heterocycles. The maximum atomic E-state index is 13.2. The summed E-state index contributed by atoms with van der Waals surface area (Å²) in [5.74, 6) is -7.40. The largest absolute Gasteiger partial charge is 0.400 e. The minimum absolute atomic E-state index is 0.00429. The summed E-state index contributed by atoms with van der Waals surface area (Å²) in [6.45, 7) is 3.32. The number of benzene rings is 2. The van der Waals surface area contributed by atoms with Crippen LogP contribution in [0.1, 0.15) is 84.0 Å². The first-order valence-electron chi connectivity index (χ1n) is 12.3. The Hall–Kier alpha value is -3.99. The standard InChI is InChI=1S/C28H25NO8.CH4O/c1-4-5-19(30)20-24(32)15-8-6-13(10-17(15)26(20)34)23(31)14-7-9-16-18(11-14)27(35)21(25(16)33)28(36)22(29)12(2)37-3;1-2/h6-12,20-22H,4-5,29H2,1-3H3;2H,1H3. The van der Waals surface area contributed by atoms with Gasteiger partial charge in [0.15, 0.2) is 40.5 Å². The highest BCUT2D eigenvalue weighted by atomic mass is 16.5. The molecule has 2 aliphatic carbocycles. The Bertz CT molecular complexity index is 1410. The zero-order valence-corrected chi connectivity index (χ0v) is 22.0. The fraction of sp³-hybridized carbons (Fsp3) is 0.345. The number of ether oxygens (including phenoxy) is 1. The van der Waals surface area contributed by atoms with E-state index in [4.69, 9.17) is 15.6 Å². The molecule has 4 unspecified atom stereocenters. The van der Waals surface area contributed by atoms with Crippen LogP contribution in [0.15, 0.2) is 36.4 Å². The van der Waals surface area contributed by atoms with Crippen molar-refractivity contribution in [1.82, 2.24) is 0 Å². The first kappa shape index (κ1) is 29.6. The van der Waals surface area contributed by atoms with Gasteiger partial charge in [0, 0.05) is 54.0 Å². The van der Waals surface area contributed by atoms with Crippen LogP contribution in [0.3, 0.4) is 0 Å². The highest BCUT2D eigenvalue weighted by molar-refractivity contribution is 6.37. The third-order valence-corrected chi connectivity index (χ3v) is 6.98. The molecule has 10 heteroatoms. The molecule has 204 valence electrons. The molecule has 39 heavy (non-hydrogen) atoms. The normalized spacial score (nSPS) is 19.1. The Morgan fingerprint density at radius 3 is 1.72 bits per heavy atom. The highest BCUT2D eigenvalue weighted by Gasteiger charge is 2.46. The monoisotopic (exact) mass is 535 g/mol. The second-order valence-electron chi connectivity index (χ2n) is 9.26. The average Bonchev–Trinajstić information content (AvgIpc) is 3.35. The number of aliphatic hydroxyl groups is 1. The van der Waals surface area contributed by atoms with Gasteiger partial charge in [-0.1, -0.05) is 19.1 Å². The number of ketones is 7. The molecule has 0 heterocycles. The van der Waals surface area contributed by atoms with Crippen molar-refractivity contribution in [2.75, 3.05) is 14.2 Å². The molecule has 4 atom stereocenters. The highest BCUT2D eigenvalue weighted by Crippen LogP contribution is 2.32. The van der Waals surface area contributed by atoms with Gasteiger partial charge in [-0.2, -0.15) is 0 Å². The molecule has 2 aromatic rings. The van der Waals surface area contributed by atoms with Crippen LogP contribution < -0.4 is 5.73 Å². The zero-order valence-electron chi connectivity index (χ0n) is 22.0. The van der Waals surface area contributed by atoms with Crippen LogP contribution in [0.5, 0.6) is 0 Å². The molecular formula is C29H29NO9. The molecule has 0 saturated carbocycles. The Morgan fingerprint density at radius 1 is 0.821 bits per heavy atom. The maximum absolute atomic E-state index is 13.2. The summed E-state index contributed by atoms with van der Waals surface area (Å²) >= 11 is 0. The van der Waals surface area contributed by atoms with Gasteiger partial charge in [-0.15, -0.1) is 0 Å². The molecule has 0 amide bonds. The maximum Gasteiger partial charge on any atom is 0.193 e. The Labute approximate surface area is 224 Å². The lowest BCUT2D eigenvalue weighted by Gasteiger charge is -2.19. The number of hydrogen-bond acceptors (Lipinski definition) is 10. The number of Topliss-reactive ketones (excluding diaryl/α,β-unsaturated/α-hetero) is 6. The molecule has 4 rings (SSSR count). The molecular weight excluding hydrogens is 506 g/mol. The summed E-state index contributed by atoms with van der Waals surface area (Å²) in [4.78, 5) is 89.5. The number of hydrogen-bond donors (Lipinski definition) is 2. The predicted octanol–water partition coefficient (Wildman–Crippen LogP) is 1.82. The van der Waals surface area contributed by atoms with Crippen LogP contribution in [0.4, 0.5) is 0 Å². The van der Waals surface area contributed by atoms with Gasteiger partial charge >= 0.3 is 0 Å². The van der Waals surface area contributed by atoms with E-state index in [1.165, 1.54) is 43.5 Å². The third-order valence-electron chi connectivity index (χ3n) is 6.98. The van der Waals surface area contributed by atoms with Gasteiger partial charge in [-0.25, -0.2) is 0 Å². The van der Waals surface area contributed by atoms with Gasteiger partial charge in [-0.05, 0) is 37.6 Å². The molecule has 0 bridgehead atoms. The van der Waals surface area contributed by atoms with Gasteiger partial charge < -0.3 is 15.6 Å². The second-order valence-corrected chi connectivity index (χ2v) is 9.26. The fourth-order valence-corrected chi connectivity index (χ4v) is 4.75. The summed E-state index contributed by atoms with van der Waals surface area (Å²) in [5, 5.41) is 7.00. The van der Waals surface area contributed by atoms with Gasteiger partial charge in [0.2, 0.25) is 0 Å². The SMILES string of the molecule is CCCC(=O)C1C(=O)c2ccc(C(=O)c3ccc4c(c3)C(=O)C(C(=O)C(N)C(C)OC)C4=O)cc2C1=O.CO. The van der Waals surface area contributed by atoms with Crippen molar-refractivity contribution in [2.24, 2.45) is 17.6 Å². The lowest BCUT2D eigenvalue weighted by molar-refractivity contribution is -0.124. The number of aliphatic hydroxyl groups excluding tert-OH is 1. The van der Waals surface area contributed by atoms with E-state index in [1.807, 2.05) is 0 Å². The summed E-state index contributed by atoms with van der Waals surface area (Å²) < 4.78 is 5.04. The van der Waals surface area contributed by atoms with E-state index in [0.717, 1.165) is 7.11 Å². The van der Waals surface area contributed by atoms with E-state index in [-0.39, 0.29) is 39.8 Å². The summed E-state index contributed by atoms with van der Waals surface area (Å²) in [6, 6.07) is 6.71. The molecule has 0 aliphatic heterocycles. The molecule has 0 saturated heterocycles. The summed E-state index contributed by atoms with van der Waals surface area (Å²) in [5.41, 5.74) is 6.04. The van der Waals surface area contributed by atoms with Crippen LogP contribution in [0, 0.1) is 11.8 Å². The van der Waals surface area contributed by atoms with E-state index in [1.54, 1.807) is 13.8 Å². The van der Waals surface area contributed by atoms with Crippen LogP contribution in [0.25, 0.3) is 0 Å². The van der Waals surface area contributed by atoms with Crippen LogP contribution >= 0.6 is 0 Å². The third kappa shape index (κ3) is 5.06. The van der Waals surface area contributed by atoms with Gasteiger partial charge in [0.25, 0.3) is 0 Å². The van der Waals surface area contributed by atoms with Crippen molar-refractivity contribution in [1.29, 1.82) is 0 Å². The van der Waals surface area contributed by atoms with Crippen LogP contribution in [0.2, 0.25) is 0 Å². The zero-order chi connectivity index (χ0) is 29.2. The Kier molecular flexibility index (Phi) is 8.96. The topological polar surface area (TPSA) is 175 Å². The molecule has 0 radical (unpaired) electrons. The molecule has 3 N–H and O–H groups in total. The first-order valence-corrected chi connectivity index (χ1v) is 12.3. The molecule has 0 spiro atoms. The van der Waals surface area contributed by atoms with Gasteiger partial charge in [-0.3, -0.25) is 33.6 Å². The van der Waals surface area contributed by atoms with Crippen molar-refractivity contribution in [3.05, 3.63) is 69.8 Å². The molecule has 10 nitrogen and oxygen atoms in total. The summed E-state index contributed by atoms with van der Waals surface area (Å²) in [7, 11) is 2.36. The minimum Gasteiger partial charge on any atom is -0.400 e. The first-order chi connectivity index (χ1) is 18.5. The number of fused-ring (bicyclic) bond motifs is 2. The molecule has 2 aromatic carbocycles. The lowest BCUT2D eigenvalue weighted by Crippen LogP contribution is -2.47. The number of carbonyl (C=O) groups excluding carboxylic acids is 7. The van der Waals surface area contributed by atoms with Gasteiger partial charge in [0.1, 0.15) is 11.8 Å². The van der Waals surface area contributed by atoms with Crippen molar-refractivity contribution in [3.63, 3.8) is 0 Å². The van der Waals surface area contributed by atoms with Crippen molar-refractivity contribution in [2.45, 2.75) is 38.8 Å². The smallest absolute Gasteiger partial charge is 0.193 e. The van der Waals surface area contributed by atoms with Crippen molar-refractivity contribution < 1.29 is 43.4 Å². The Balaban J connectivity index is 0.00000205. The van der Waals surface area contributed by atoms with E-state index in [0.29, 0.717) is 6.42 Å². The van der Waals surface area contributed by atoms with E-state index >= 15 is 0 Å². The molecule has 2 aliphatic rings. The van der Waals surface area contributed by atoms with Crippen LogP contribution in [-0.2, 0) is 14.3 Å². The van der Waals surface area contributed by atoms with Gasteiger partial charge in [0.05, 0.1) is 12.1 Å². The average molecular weight is 536 g/mol. The number of carbonyl (C=O) groups is 7. The number of methoxy groups -OCH3 is 1. The fourth-order valence-electron chi connectivity index (χ4n) is 4.75. The number of nitrogens with two attached hydrogens (primary N) is 1. The Morgan fingerprint density at radius 2 is 1.26 bits per heavy atom. The van der Waals surface area contributed by atoms with E-state index in [9.17, 15) is 33.6 Å². The van der Waals surface area contributed by atoms with Crippen LogP contribution in [-0.4, -0.2) is 72.0 Å². The minimum atomic E-state index is -1.60. The van der Waals surface area contributed by atoms with Crippen molar-refractivity contribution >= 4 is 40.5 Å². The van der Waals surface area contributed by atoms with E-state index in [2.05, 4.69) is 0 Å². The second kappa shape index (κ2) is 11.8. The summed E-state index contributed by atoms with van der Waals surface area (Å²) in [6.07, 6.45) is -0.109. The quantitative estimate of drug-likeness (QED) is 0.356. The molecule has 0 fully saturated rings. The lowest BCUT2D eigenvalue weighted by atomic mass is 9.91. The predicted molar refractivity (Wildman–Crippen MR) is 138 cm³/mol. The van der Waals surface area contributed by atoms with Crippen molar-refractivity contribution in [3.8, 4) is 0 Å².